The number of aldehydes is 1. The summed E-state index contributed by atoms with van der Waals surface area (Å²) in [4.78, 5) is 10.7. The number of carbonyl (C=O) groups is 1. The molecular weight excluding hydrogens is 253 g/mol. The first-order chi connectivity index (χ1) is 8.91. The molecule has 2 aromatic rings. The maximum absolute atomic E-state index is 12.7. The monoisotopic (exact) mass is 264 g/mol. The van der Waals surface area contributed by atoms with Gasteiger partial charge in [-0.1, -0.05) is 24.3 Å². The van der Waals surface area contributed by atoms with Crippen LogP contribution in [-0.4, -0.2) is 6.29 Å². The molecule has 0 aliphatic rings. The van der Waals surface area contributed by atoms with E-state index >= 15 is 0 Å². The molecule has 4 heteroatoms. The lowest BCUT2D eigenvalue weighted by atomic mass is 9.97. The van der Waals surface area contributed by atoms with Crippen LogP contribution in [0.25, 0.3) is 11.1 Å². The Morgan fingerprint density at radius 2 is 1.79 bits per heavy atom. The second-order valence-corrected chi connectivity index (χ2v) is 4.27. The fourth-order valence-electron chi connectivity index (χ4n) is 1.89. The van der Waals surface area contributed by atoms with Gasteiger partial charge in [0.2, 0.25) is 0 Å². The van der Waals surface area contributed by atoms with Crippen molar-refractivity contribution >= 4 is 6.29 Å². The summed E-state index contributed by atoms with van der Waals surface area (Å²) in [6.07, 6.45) is -3.69. The predicted molar refractivity (Wildman–Crippen MR) is 67.0 cm³/mol. The van der Waals surface area contributed by atoms with E-state index in [0.717, 1.165) is 17.7 Å². The number of rotatable bonds is 2. The van der Waals surface area contributed by atoms with Crippen molar-refractivity contribution in [2.45, 2.75) is 13.1 Å². The van der Waals surface area contributed by atoms with Gasteiger partial charge in [-0.3, -0.25) is 4.79 Å². The fourth-order valence-corrected chi connectivity index (χ4v) is 1.89. The summed E-state index contributed by atoms with van der Waals surface area (Å²) in [5.74, 6) is 0. The molecule has 0 aliphatic carbocycles. The van der Waals surface area contributed by atoms with E-state index in [4.69, 9.17) is 0 Å². The highest BCUT2D eigenvalue weighted by Crippen LogP contribution is 2.33. The molecular formula is C15H11F3O. The number of halogens is 3. The first-order valence-electron chi connectivity index (χ1n) is 5.65. The summed E-state index contributed by atoms with van der Waals surface area (Å²) < 4.78 is 38.0. The first kappa shape index (κ1) is 13.3. The Hall–Kier alpha value is -2.10. The van der Waals surface area contributed by atoms with Gasteiger partial charge in [-0.15, -0.1) is 0 Å². The lowest BCUT2D eigenvalue weighted by Gasteiger charge is -2.11. The molecule has 0 aromatic heterocycles. The van der Waals surface area contributed by atoms with E-state index in [1.807, 2.05) is 0 Å². The van der Waals surface area contributed by atoms with Crippen molar-refractivity contribution in [3.05, 3.63) is 59.2 Å². The molecule has 1 nitrogen and oxygen atoms in total. The fraction of sp³-hybridized carbons (Fsp3) is 0.133. The van der Waals surface area contributed by atoms with Crippen molar-refractivity contribution in [3.8, 4) is 11.1 Å². The number of alkyl halides is 3. The quantitative estimate of drug-likeness (QED) is 0.730. The largest absolute Gasteiger partial charge is 0.416 e. The topological polar surface area (TPSA) is 17.1 Å². The van der Waals surface area contributed by atoms with Crippen LogP contribution in [0.2, 0.25) is 0 Å². The average molecular weight is 264 g/mol. The molecule has 0 saturated heterocycles. The zero-order valence-corrected chi connectivity index (χ0v) is 10.2. The van der Waals surface area contributed by atoms with Gasteiger partial charge in [0, 0.05) is 5.56 Å². The molecule has 0 N–H and O–H groups in total. The minimum Gasteiger partial charge on any atom is -0.298 e. The molecule has 0 aliphatic heterocycles. The zero-order valence-electron chi connectivity index (χ0n) is 10.2. The Kier molecular flexibility index (Phi) is 3.42. The standard InChI is InChI=1S/C15H11F3O/c1-10-5-6-11(9-19)7-14(10)12-3-2-4-13(8-12)15(16,17)18/h2-9H,1H3. The molecule has 0 saturated carbocycles. The lowest BCUT2D eigenvalue weighted by Crippen LogP contribution is -2.04. The first-order valence-corrected chi connectivity index (χ1v) is 5.65. The van der Waals surface area contributed by atoms with E-state index in [1.54, 1.807) is 31.2 Å². The van der Waals surface area contributed by atoms with Gasteiger partial charge in [-0.05, 0) is 41.8 Å². The van der Waals surface area contributed by atoms with Crippen LogP contribution in [-0.2, 0) is 6.18 Å². The third kappa shape index (κ3) is 2.84. The highest BCUT2D eigenvalue weighted by molar-refractivity contribution is 5.80. The van der Waals surface area contributed by atoms with Crippen LogP contribution >= 0.6 is 0 Å². The number of carbonyl (C=O) groups excluding carboxylic acids is 1. The van der Waals surface area contributed by atoms with Crippen molar-refractivity contribution in [3.63, 3.8) is 0 Å². The van der Waals surface area contributed by atoms with Crippen molar-refractivity contribution in [2.75, 3.05) is 0 Å². The molecule has 0 fully saturated rings. The van der Waals surface area contributed by atoms with Gasteiger partial charge in [0.15, 0.2) is 0 Å². The molecule has 2 aromatic carbocycles. The second-order valence-electron chi connectivity index (χ2n) is 4.27. The normalized spacial score (nSPS) is 11.4. The van der Waals surface area contributed by atoms with Gasteiger partial charge in [0.25, 0.3) is 0 Å². The van der Waals surface area contributed by atoms with Crippen LogP contribution in [0.15, 0.2) is 42.5 Å². The van der Waals surface area contributed by atoms with E-state index in [1.165, 1.54) is 6.07 Å². The van der Waals surface area contributed by atoms with E-state index < -0.39 is 11.7 Å². The third-order valence-electron chi connectivity index (χ3n) is 2.90. The smallest absolute Gasteiger partial charge is 0.298 e. The van der Waals surface area contributed by atoms with Crippen molar-refractivity contribution in [1.29, 1.82) is 0 Å². The van der Waals surface area contributed by atoms with Gasteiger partial charge in [-0.2, -0.15) is 13.2 Å². The Balaban J connectivity index is 2.56. The zero-order chi connectivity index (χ0) is 14.0. The summed E-state index contributed by atoms with van der Waals surface area (Å²) in [6, 6.07) is 10.0. The summed E-state index contributed by atoms with van der Waals surface area (Å²) in [6.45, 7) is 1.80. The van der Waals surface area contributed by atoms with Crippen molar-refractivity contribution < 1.29 is 18.0 Å². The maximum Gasteiger partial charge on any atom is 0.416 e. The SMILES string of the molecule is Cc1ccc(C=O)cc1-c1cccc(C(F)(F)F)c1. The Bertz CT molecular complexity index is 615. The molecule has 0 radical (unpaired) electrons. The van der Waals surface area contributed by atoms with Crippen LogP contribution in [0.4, 0.5) is 13.2 Å². The van der Waals surface area contributed by atoms with E-state index in [0.29, 0.717) is 23.0 Å². The van der Waals surface area contributed by atoms with Gasteiger partial charge in [0.1, 0.15) is 6.29 Å². The molecule has 0 heterocycles. The molecule has 0 atom stereocenters. The average Bonchev–Trinajstić information content (AvgIpc) is 2.38. The van der Waals surface area contributed by atoms with E-state index in [9.17, 15) is 18.0 Å². The van der Waals surface area contributed by atoms with Crippen LogP contribution in [0.5, 0.6) is 0 Å². The Labute approximate surface area is 108 Å². The molecule has 0 spiro atoms. The molecule has 98 valence electrons. The van der Waals surface area contributed by atoms with E-state index in [-0.39, 0.29) is 0 Å². The van der Waals surface area contributed by atoms with Crippen LogP contribution in [0.1, 0.15) is 21.5 Å². The molecule has 0 amide bonds. The van der Waals surface area contributed by atoms with Gasteiger partial charge in [-0.25, -0.2) is 0 Å². The van der Waals surface area contributed by atoms with Gasteiger partial charge in [0.05, 0.1) is 5.56 Å². The minimum atomic E-state index is -4.37. The predicted octanol–water partition coefficient (Wildman–Crippen LogP) is 4.49. The number of hydrogen-bond donors (Lipinski definition) is 0. The van der Waals surface area contributed by atoms with Crippen molar-refractivity contribution in [1.82, 2.24) is 0 Å². The van der Waals surface area contributed by atoms with Gasteiger partial charge >= 0.3 is 6.18 Å². The molecule has 19 heavy (non-hydrogen) atoms. The molecule has 2 rings (SSSR count). The third-order valence-corrected chi connectivity index (χ3v) is 2.90. The number of aryl methyl sites for hydroxylation is 1. The maximum atomic E-state index is 12.7. The summed E-state index contributed by atoms with van der Waals surface area (Å²) in [5, 5.41) is 0. The van der Waals surface area contributed by atoms with Crippen LogP contribution in [0, 0.1) is 6.92 Å². The summed E-state index contributed by atoms with van der Waals surface area (Å²) >= 11 is 0. The number of benzene rings is 2. The Morgan fingerprint density at radius 3 is 2.42 bits per heavy atom. The highest BCUT2D eigenvalue weighted by Gasteiger charge is 2.30. The van der Waals surface area contributed by atoms with E-state index in [2.05, 4.69) is 0 Å². The summed E-state index contributed by atoms with van der Waals surface area (Å²) in [5.41, 5.74) is 1.66. The van der Waals surface area contributed by atoms with Crippen LogP contribution in [0.3, 0.4) is 0 Å². The Morgan fingerprint density at radius 1 is 1.05 bits per heavy atom. The molecule has 0 unspecified atom stereocenters. The highest BCUT2D eigenvalue weighted by atomic mass is 19.4. The minimum absolute atomic E-state index is 0.443. The summed E-state index contributed by atoms with van der Waals surface area (Å²) in [7, 11) is 0. The second kappa shape index (κ2) is 4.88. The van der Waals surface area contributed by atoms with Crippen molar-refractivity contribution in [2.24, 2.45) is 0 Å². The lowest BCUT2D eigenvalue weighted by molar-refractivity contribution is -0.137. The number of hydrogen-bond acceptors (Lipinski definition) is 1. The molecule has 0 bridgehead atoms. The van der Waals surface area contributed by atoms with Crippen LogP contribution < -0.4 is 0 Å². The van der Waals surface area contributed by atoms with Gasteiger partial charge < -0.3 is 0 Å².